The second-order valence-electron chi connectivity index (χ2n) is 5.07. The minimum Gasteiger partial charge on any atom is -0.481 e. The number of rotatable bonds is 8. The molecular weight excluding hydrogens is 322 g/mol. The van der Waals surface area contributed by atoms with E-state index in [1.807, 2.05) is 42.5 Å². The number of nitrogens with zero attached hydrogens (tertiary/aromatic N) is 3. The fraction of sp³-hybridized carbons (Fsp3) is 0.278. The van der Waals surface area contributed by atoms with E-state index in [0.717, 1.165) is 5.56 Å². The molecule has 1 aromatic heterocycles. The average Bonchev–Trinajstić information content (AvgIpc) is 2.67. The molecule has 0 atom stereocenters. The van der Waals surface area contributed by atoms with Gasteiger partial charge in [-0.2, -0.15) is 9.97 Å². The fourth-order valence-electron chi connectivity index (χ4n) is 2.15. The summed E-state index contributed by atoms with van der Waals surface area (Å²) in [6.45, 7) is 0.375. The second kappa shape index (κ2) is 9.39. The lowest BCUT2D eigenvalue weighted by Gasteiger charge is -2.20. The molecule has 0 unspecified atom stereocenters. The standard InChI is InChI=1S/C18H21N3O4/c1-24-16-13-15(19-18(20-16)25-2)17(23)21(11-12-22)10-6-9-14-7-4-3-5-8-14/h3-9,13,22H,10-12H2,1-2H3. The third-order valence-corrected chi connectivity index (χ3v) is 3.39. The van der Waals surface area contributed by atoms with E-state index in [-0.39, 0.29) is 36.6 Å². The topological polar surface area (TPSA) is 84.8 Å². The van der Waals surface area contributed by atoms with Gasteiger partial charge in [-0.3, -0.25) is 4.79 Å². The quantitative estimate of drug-likeness (QED) is 0.784. The van der Waals surface area contributed by atoms with Crippen molar-refractivity contribution in [2.45, 2.75) is 0 Å². The number of methoxy groups -OCH3 is 2. The molecule has 0 fully saturated rings. The summed E-state index contributed by atoms with van der Waals surface area (Å²) in [6.07, 6.45) is 3.78. The smallest absolute Gasteiger partial charge is 0.320 e. The normalized spacial score (nSPS) is 10.7. The van der Waals surface area contributed by atoms with Crippen LogP contribution in [0.25, 0.3) is 6.08 Å². The Balaban J connectivity index is 2.15. The van der Waals surface area contributed by atoms with Crippen LogP contribution in [-0.2, 0) is 0 Å². The van der Waals surface area contributed by atoms with Crippen molar-refractivity contribution in [2.75, 3.05) is 33.9 Å². The molecule has 25 heavy (non-hydrogen) atoms. The van der Waals surface area contributed by atoms with Crippen LogP contribution in [0.2, 0.25) is 0 Å². The van der Waals surface area contributed by atoms with Crippen molar-refractivity contribution >= 4 is 12.0 Å². The van der Waals surface area contributed by atoms with Gasteiger partial charge in [-0.25, -0.2) is 0 Å². The van der Waals surface area contributed by atoms with Gasteiger partial charge in [0.1, 0.15) is 5.69 Å². The number of aliphatic hydroxyl groups is 1. The molecule has 0 spiro atoms. The highest BCUT2D eigenvalue weighted by Crippen LogP contribution is 2.15. The first-order valence-corrected chi connectivity index (χ1v) is 7.76. The number of carbonyl (C=O) groups excluding carboxylic acids is 1. The summed E-state index contributed by atoms with van der Waals surface area (Å²) in [5.41, 5.74) is 1.18. The summed E-state index contributed by atoms with van der Waals surface area (Å²) in [7, 11) is 2.86. The van der Waals surface area contributed by atoms with E-state index in [1.165, 1.54) is 25.2 Å². The Morgan fingerprint density at radius 2 is 1.96 bits per heavy atom. The number of ether oxygens (including phenoxy) is 2. The molecule has 0 bridgehead atoms. The van der Waals surface area contributed by atoms with Gasteiger partial charge in [-0.05, 0) is 5.56 Å². The van der Waals surface area contributed by atoms with Crippen LogP contribution in [0.1, 0.15) is 16.1 Å². The van der Waals surface area contributed by atoms with Crippen LogP contribution in [0.5, 0.6) is 11.9 Å². The van der Waals surface area contributed by atoms with Crippen molar-refractivity contribution in [3.05, 3.63) is 53.7 Å². The number of aromatic nitrogens is 2. The van der Waals surface area contributed by atoms with Gasteiger partial charge in [0.25, 0.3) is 5.91 Å². The van der Waals surface area contributed by atoms with Crippen molar-refractivity contribution in [2.24, 2.45) is 0 Å². The maximum Gasteiger partial charge on any atom is 0.320 e. The largest absolute Gasteiger partial charge is 0.481 e. The summed E-state index contributed by atoms with van der Waals surface area (Å²) in [4.78, 5) is 22.2. The van der Waals surface area contributed by atoms with Crippen molar-refractivity contribution < 1.29 is 19.4 Å². The number of amides is 1. The molecule has 132 valence electrons. The molecule has 0 aliphatic rings. The molecule has 0 saturated heterocycles. The van der Waals surface area contributed by atoms with Crippen LogP contribution in [0, 0.1) is 0 Å². The number of aliphatic hydroxyl groups excluding tert-OH is 1. The van der Waals surface area contributed by atoms with Gasteiger partial charge in [0.15, 0.2) is 0 Å². The van der Waals surface area contributed by atoms with Gasteiger partial charge >= 0.3 is 6.01 Å². The predicted octanol–water partition coefficient (Wildman–Crippen LogP) is 1.64. The zero-order valence-electron chi connectivity index (χ0n) is 14.3. The Morgan fingerprint density at radius 3 is 2.60 bits per heavy atom. The third-order valence-electron chi connectivity index (χ3n) is 3.39. The lowest BCUT2D eigenvalue weighted by Crippen LogP contribution is -2.34. The zero-order valence-corrected chi connectivity index (χ0v) is 14.3. The molecule has 2 rings (SSSR count). The first-order valence-electron chi connectivity index (χ1n) is 7.76. The van der Waals surface area contributed by atoms with Gasteiger partial charge < -0.3 is 19.5 Å². The lowest BCUT2D eigenvalue weighted by molar-refractivity contribution is 0.0735. The summed E-state index contributed by atoms with van der Waals surface area (Å²) in [5.74, 6) is -0.107. The van der Waals surface area contributed by atoms with E-state index in [4.69, 9.17) is 9.47 Å². The predicted molar refractivity (Wildman–Crippen MR) is 93.6 cm³/mol. The highest BCUT2D eigenvalue weighted by molar-refractivity contribution is 5.92. The van der Waals surface area contributed by atoms with Crippen molar-refractivity contribution in [3.8, 4) is 11.9 Å². The lowest BCUT2D eigenvalue weighted by atomic mass is 10.2. The van der Waals surface area contributed by atoms with Crippen LogP contribution in [0.3, 0.4) is 0 Å². The van der Waals surface area contributed by atoms with E-state index in [2.05, 4.69) is 9.97 Å². The van der Waals surface area contributed by atoms with Gasteiger partial charge in [0.2, 0.25) is 5.88 Å². The van der Waals surface area contributed by atoms with Gasteiger partial charge in [0, 0.05) is 19.2 Å². The summed E-state index contributed by atoms with van der Waals surface area (Å²) in [5, 5.41) is 9.25. The van der Waals surface area contributed by atoms with Crippen LogP contribution >= 0.6 is 0 Å². The Morgan fingerprint density at radius 1 is 1.20 bits per heavy atom. The molecular formula is C18H21N3O4. The molecule has 1 N–H and O–H groups in total. The van der Waals surface area contributed by atoms with Crippen LogP contribution in [0.15, 0.2) is 42.5 Å². The van der Waals surface area contributed by atoms with Gasteiger partial charge in [-0.15, -0.1) is 0 Å². The molecule has 1 heterocycles. The Labute approximate surface area is 146 Å². The molecule has 0 radical (unpaired) electrons. The minimum absolute atomic E-state index is 0.0477. The van der Waals surface area contributed by atoms with Crippen molar-refractivity contribution in [1.29, 1.82) is 0 Å². The summed E-state index contributed by atoms with van der Waals surface area (Å²) < 4.78 is 10.1. The molecule has 2 aromatic rings. The number of hydrogen-bond donors (Lipinski definition) is 1. The molecule has 0 aliphatic heterocycles. The SMILES string of the molecule is COc1cc(C(=O)N(CC=Cc2ccccc2)CCO)nc(OC)n1. The van der Waals surface area contributed by atoms with E-state index in [1.54, 1.807) is 0 Å². The first kappa shape index (κ1) is 18.4. The van der Waals surface area contributed by atoms with Crippen LogP contribution in [0.4, 0.5) is 0 Å². The maximum atomic E-state index is 12.7. The highest BCUT2D eigenvalue weighted by atomic mass is 16.5. The van der Waals surface area contributed by atoms with E-state index in [0.29, 0.717) is 6.54 Å². The Kier molecular flexibility index (Phi) is 6.91. The van der Waals surface area contributed by atoms with Gasteiger partial charge in [-0.1, -0.05) is 42.5 Å². The monoisotopic (exact) mass is 343 g/mol. The first-order chi connectivity index (χ1) is 12.2. The highest BCUT2D eigenvalue weighted by Gasteiger charge is 2.18. The van der Waals surface area contributed by atoms with E-state index in [9.17, 15) is 9.90 Å². The van der Waals surface area contributed by atoms with E-state index < -0.39 is 0 Å². The average molecular weight is 343 g/mol. The number of benzene rings is 1. The minimum atomic E-state index is -0.342. The molecule has 7 heteroatoms. The molecule has 7 nitrogen and oxygen atoms in total. The van der Waals surface area contributed by atoms with E-state index >= 15 is 0 Å². The Bertz CT molecular complexity index is 697. The Hall–Kier alpha value is -2.93. The number of hydrogen-bond acceptors (Lipinski definition) is 6. The van der Waals surface area contributed by atoms with Gasteiger partial charge in [0.05, 0.1) is 20.8 Å². The molecule has 1 aromatic carbocycles. The van der Waals surface area contributed by atoms with Crippen LogP contribution < -0.4 is 9.47 Å². The molecule has 1 amide bonds. The maximum absolute atomic E-state index is 12.7. The fourth-order valence-corrected chi connectivity index (χ4v) is 2.15. The summed E-state index contributed by atoms with van der Waals surface area (Å²) >= 11 is 0. The van der Waals surface area contributed by atoms with Crippen molar-refractivity contribution in [1.82, 2.24) is 14.9 Å². The zero-order chi connectivity index (χ0) is 18.1. The van der Waals surface area contributed by atoms with Crippen LogP contribution in [-0.4, -0.2) is 59.8 Å². The van der Waals surface area contributed by atoms with Crippen molar-refractivity contribution in [3.63, 3.8) is 0 Å². The molecule has 0 saturated carbocycles. The third kappa shape index (κ3) is 5.29. The second-order valence-corrected chi connectivity index (χ2v) is 5.07. The molecule has 0 aliphatic carbocycles. The number of carbonyl (C=O) groups is 1. The summed E-state index contributed by atoms with van der Waals surface area (Å²) in [6, 6.07) is 11.2.